The molecular weight excluding hydrogens is 561 g/mol. The predicted octanol–water partition coefficient (Wildman–Crippen LogP) is -16.6. The average Bonchev–Trinajstić information content (AvgIpc) is 2.78. The predicted molar refractivity (Wildman–Crippen MR) is 77.0 cm³/mol. The first kappa shape index (κ1) is 40.5. The maximum absolute atomic E-state index is 11.7. The Bertz CT molecular complexity index is 961. The van der Waals surface area contributed by atoms with Gasteiger partial charge in [0, 0.05) is 6.20 Å². The van der Waals surface area contributed by atoms with Crippen LogP contribution in [0, 0.1) is 0 Å². The van der Waals surface area contributed by atoms with E-state index in [1.165, 1.54) is 0 Å². The number of hydrogen-bond donors (Lipinski definition) is 3. The molecule has 1 aliphatic rings. The van der Waals surface area contributed by atoms with Crippen molar-refractivity contribution in [2.24, 2.45) is 0 Å². The third-order valence-electron chi connectivity index (χ3n) is 3.22. The number of nitrogens with zero attached hydrogens (tertiary/aromatic N) is 2. The van der Waals surface area contributed by atoms with Gasteiger partial charge in [0.05, 0.1) is 14.4 Å². The van der Waals surface area contributed by atoms with E-state index in [0.717, 1.165) is 12.3 Å². The molecule has 3 N–H and O–H groups in total. The Kier molecular flexibility index (Phi) is 19.8. The van der Waals surface area contributed by atoms with Gasteiger partial charge >= 0.3 is 132 Å². The summed E-state index contributed by atoms with van der Waals surface area (Å²) in [5, 5.41) is 30.8. The molecule has 2 rings (SSSR count). The second kappa shape index (κ2) is 16.2. The van der Waals surface area contributed by atoms with Gasteiger partial charge in [-0.25, -0.2) is 18.7 Å². The molecule has 6 unspecified atom stereocenters. The molecule has 1 aromatic rings. The minimum Gasteiger partial charge on any atom is -0.858 e. The summed E-state index contributed by atoms with van der Waals surface area (Å²) in [4.78, 5) is 55.7. The van der Waals surface area contributed by atoms with Crippen molar-refractivity contribution >= 4 is 23.5 Å². The fourth-order valence-electron chi connectivity index (χ4n) is 2.14. The van der Waals surface area contributed by atoms with E-state index in [1.807, 2.05) is 0 Å². The summed E-state index contributed by atoms with van der Waals surface area (Å²) >= 11 is 0. The molecular formula is C9H11N2Na4O15P3. The molecule has 0 aromatic carbocycles. The van der Waals surface area contributed by atoms with Gasteiger partial charge in [-0.2, -0.15) is 0 Å². The number of aliphatic hydroxyl groups excluding tert-OH is 2. The van der Waals surface area contributed by atoms with Crippen LogP contribution in [-0.4, -0.2) is 49.6 Å². The summed E-state index contributed by atoms with van der Waals surface area (Å²) in [6.45, 7) is -1.15. The topological polar surface area (TPSA) is 276 Å². The molecule has 6 atom stereocenters. The molecule has 1 aromatic heterocycles. The van der Waals surface area contributed by atoms with E-state index in [2.05, 4.69) is 18.1 Å². The summed E-state index contributed by atoms with van der Waals surface area (Å²) in [7, 11) is -17.8. The first-order chi connectivity index (χ1) is 13.1. The van der Waals surface area contributed by atoms with Gasteiger partial charge in [-0.15, -0.1) is 0 Å². The van der Waals surface area contributed by atoms with E-state index in [0.29, 0.717) is 4.57 Å². The zero-order chi connectivity index (χ0) is 22.2. The monoisotopic (exact) mass is 572 g/mol. The van der Waals surface area contributed by atoms with Gasteiger partial charge in [-0.1, -0.05) is 0 Å². The Morgan fingerprint density at radius 1 is 1.06 bits per heavy atom. The maximum Gasteiger partial charge on any atom is 1.00 e. The SMILES string of the molecule is O=c1nc([O-])ccn1C1OC(COP(=O)([O-])OP(=O)(O)OP(=O)([O-])[O-])C(O)C1O.[Na+].[Na+].[Na+].[Na+]. The van der Waals surface area contributed by atoms with Crippen LogP contribution in [0.5, 0.6) is 5.88 Å². The molecule has 0 amide bonds. The van der Waals surface area contributed by atoms with E-state index >= 15 is 0 Å². The van der Waals surface area contributed by atoms with Crippen molar-refractivity contribution in [2.75, 3.05) is 6.61 Å². The van der Waals surface area contributed by atoms with Crippen LogP contribution in [0.2, 0.25) is 0 Å². The van der Waals surface area contributed by atoms with Crippen molar-refractivity contribution in [3.63, 3.8) is 0 Å². The van der Waals surface area contributed by atoms with Gasteiger partial charge in [0.2, 0.25) is 0 Å². The van der Waals surface area contributed by atoms with Crippen molar-refractivity contribution in [2.45, 2.75) is 24.5 Å². The number of aromatic nitrogens is 2. The Labute approximate surface area is 273 Å². The first-order valence-corrected chi connectivity index (χ1v) is 11.5. The van der Waals surface area contributed by atoms with Crippen LogP contribution in [-0.2, 0) is 31.6 Å². The van der Waals surface area contributed by atoms with Crippen LogP contribution in [0.1, 0.15) is 6.23 Å². The molecule has 17 nitrogen and oxygen atoms in total. The summed E-state index contributed by atoms with van der Waals surface area (Å²) in [6.07, 6.45) is -6.02. The molecule has 1 saturated heterocycles. The maximum atomic E-state index is 11.7. The van der Waals surface area contributed by atoms with Gasteiger partial charge in [0.15, 0.2) is 6.23 Å². The molecule has 1 fully saturated rings. The number of phosphoric acid groups is 3. The number of hydrogen-bond acceptors (Lipinski definition) is 15. The largest absolute Gasteiger partial charge is 1.00 e. The quantitative estimate of drug-likeness (QED) is 0.193. The second-order valence-electron chi connectivity index (χ2n) is 5.32. The molecule has 33 heavy (non-hydrogen) atoms. The third-order valence-corrected chi connectivity index (χ3v) is 6.94. The van der Waals surface area contributed by atoms with Crippen molar-refractivity contribution < 1.29 is 185 Å². The summed E-state index contributed by atoms with van der Waals surface area (Å²) in [5.74, 6) is -0.889. The van der Waals surface area contributed by atoms with Crippen LogP contribution in [0.25, 0.3) is 0 Å². The number of ether oxygens (including phenoxy) is 1. The Hall–Kier alpha value is 2.97. The van der Waals surface area contributed by atoms with E-state index in [9.17, 15) is 48.5 Å². The molecule has 2 heterocycles. The Balaban J connectivity index is -0.00000225. The van der Waals surface area contributed by atoms with Gasteiger partial charge in [0.1, 0.15) is 18.3 Å². The zero-order valence-corrected chi connectivity index (χ0v) is 28.3. The summed E-state index contributed by atoms with van der Waals surface area (Å²) < 4.78 is 49.3. The molecule has 0 bridgehead atoms. The summed E-state index contributed by atoms with van der Waals surface area (Å²) in [6, 6.07) is 0.844. The minimum absolute atomic E-state index is 0. The van der Waals surface area contributed by atoms with Gasteiger partial charge in [-0.3, -0.25) is 13.4 Å². The van der Waals surface area contributed by atoms with Crippen molar-refractivity contribution in [3.05, 3.63) is 22.7 Å². The molecule has 0 spiro atoms. The molecule has 166 valence electrons. The van der Waals surface area contributed by atoms with Crippen LogP contribution in [0.15, 0.2) is 17.1 Å². The summed E-state index contributed by atoms with van der Waals surface area (Å²) in [5.41, 5.74) is -1.15. The molecule has 0 saturated carbocycles. The van der Waals surface area contributed by atoms with Crippen molar-refractivity contribution in [1.82, 2.24) is 9.55 Å². The average molecular weight is 572 g/mol. The molecule has 1 aliphatic heterocycles. The molecule has 24 heteroatoms. The zero-order valence-electron chi connectivity index (χ0n) is 17.6. The smallest absolute Gasteiger partial charge is 0.858 e. The van der Waals surface area contributed by atoms with Crippen LogP contribution >= 0.6 is 23.5 Å². The minimum atomic E-state index is -6.09. The van der Waals surface area contributed by atoms with Crippen LogP contribution < -0.4 is 144 Å². The normalized spacial score (nSPS) is 25.8. The molecule has 0 radical (unpaired) electrons. The standard InChI is InChI=1S/C9H15N2O15P3.4Na/c12-5-1-2-11(9(15)10-5)8-7(14)6(13)4(24-8)3-23-28(19,20)26-29(21,22)25-27(16,17)18;;;;/h1-2,4,6-8,13-14H,3H2,(H,19,20)(H,21,22)(H,10,12,15)(H2,16,17,18);;;;/q;4*+1/p-4. The molecule has 0 aliphatic carbocycles. The van der Waals surface area contributed by atoms with Crippen LogP contribution in [0.4, 0.5) is 0 Å². The fraction of sp³-hybridized carbons (Fsp3) is 0.556. The first-order valence-electron chi connectivity index (χ1n) is 7.11. The number of rotatable bonds is 8. The van der Waals surface area contributed by atoms with Crippen molar-refractivity contribution in [3.8, 4) is 5.88 Å². The fourth-order valence-corrected chi connectivity index (χ4v) is 5.07. The van der Waals surface area contributed by atoms with E-state index in [-0.39, 0.29) is 118 Å². The number of phosphoric ester groups is 1. The van der Waals surface area contributed by atoms with Gasteiger partial charge in [-0.05, 0) is 11.9 Å². The third kappa shape index (κ3) is 13.1. The van der Waals surface area contributed by atoms with E-state index in [4.69, 9.17) is 9.63 Å². The van der Waals surface area contributed by atoms with Crippen LogP contribution in [0.3, 0.4) is 0 Å². The number of aliphatic hydroxyl groups is 2. The van der Waals surface area contributed by atoms with E-state index < -0.39 is 66.2 Å². The van der Waals surface area contributed by atoms with Crippen molar-refractivity contribution in [1.29, 1.82) is 0 Å². The van der Waals surface area contributed by atoms with Gasteiger partial charge < -0.3 is 48.7 Å². The van der Waals surface area contributed by atoms with E-state index in [1.54, 1.807) is 0 Å². The Morgan fingerprint density at radius 2 is 1.61 bits per heavy atom. The Morgan fingerprint density at radius 3 is 2.09 bits per heavy atom. The second-order valence-corrected chi connectivity index (χ2v) is 9.61. The van der Waals surface area contributed by atoms with Gasteiger partial charge in [0.25, 0.3) is 7.82 Å².